The fourth-order valence-corrected chi connectivity index (χ4v) is 4.52. The zero-order chi connectivity index (χ0) is 15.3. The van der Waals surface area contributed by atoms with Crippen molar-refractivity contribution in [2.75, 3.05) is 24.7 Å². The van der Waals surface area contributed by atoms with Crippen LogP contribution in [0.4, 0.5) is 5.00 Å². The molecular formula is C15H24N2O2S2. The number of anilines is 1. The minimum absolute atomic E-state index is 0.270. The van der Waals surface area contributed by atoms with Gasteiger partial charge in [0.1, 0.15) is 10.6 Å². The lowest BCUT2D eigenvalue weighted by Gasteiger charge is -2.36. The highest BCUT2D eigenvalue weighted by Gasteiger charge is 2.31. The number of aryl methyl sites for hydroxylation is 1. The fourth-order valence-electron chi connectivity index (χ4n) is 2.82. The van der Waals surface area contributed by atoms with E-state index < -0.39 is 0 Å². The molecule has 0 radical (unpaired) electrons. The molecule has 1 fully saturated rings. The Morgan fingerprint density at radius 2 is 2.14 bits per heavy atom. The number of aromatic nitrogens is 1. The van der Waals surface area contributed by atoms with E-state index in [4.69, 9.17) is 4.74 Å². The number of esters is 1. The summed E-state index contributed by atoms with van der Waals surface area (Å²) in [6.07, 6.45) is 8.62. The molecule has 0 aliphatic heterocycles. The first kappa shape index (κ1) is 16.6. The van der Waals surface area contributed by atoms with Crippen LogP contribution in [0.3, 0.4) is 0 Å². The van der Waals surface area contributed by atoms with Crippen LogP contribution in [0.1, 0.15) is 55.1 Å². The summed E-state index contributed by atoms with van der Waals surface area (Å²) >= 11 is 3.31. The Bertz CT molecular complexity index is 482. The molecule has 21 heavy (non-hydrogen) atoms. The number of carbonyl (C=O) groups is 1. The van der Waals surface area contributed by atoms with Gasteiger partial charge in [-0.05, 0) is 44.5 Å². The van der Waals surface area contributed by atoms with Gasteiger partial charge in [-0.15, -0.1) is 0 Å². The topological polar surface area (TPSA) is 51.2 Å². The number of thioether (sulfide) groups is 1. The molecule has 0 aromatic carbocycles. The highest BCUT2D eigenvalue weighted by molar-refractivity contribution is 8.00. The number of nitrogens with one attached hydrogen (secondary N) is 1. The minimum atomic E-state index is -0.270. The van der Waals surface area contributed by atoms with Gasteiger partial charge in [-0.1, -0.05) is 19.3 Å². The van der Waals surface area contributed by atoms with Gasteiger partial charge in [0.15, 0.2) is 0 Å². The number of ether oxygens (including phenoxy) is 1. The van der Waals surface area contributed by atoms with Gasteiger partial charge < -0.3 is 10.1 Å². The predicted octanol–water partition coefficient (Wildman–Crippen LogP) is 4.11. The van der Waals surface area contributed by atoms with E-state index in [-0.39, 0.29) is 5.97 Å². The Labute approximate surface area is 135 Å². The molecular weight excluding hydrogens is 304 g/mol. The Kier molecular flexibility index (Phi) is 5.93. The third-order valence-electron chi connectivity index (χ3n) is 4.11. The van der Waals surface area contributed by atoms with Crippen LogP contribution >= 0.6 is 23.3 Å². The van der Waals surface area contributed by atoms with Crippen molar-refractivity contribution in [1.82, 2.24) is 4.37 Å². The molecule has 0 amide bonds. The van der Waals surface area contributed by atoms with E-state index in [0.29, 0.717) is 16.9 Å². The summed E-state index contributed by atoms with van der Waals surface area (Å²) in [5, 5.41) is 4.32. The summed E-state index contributed by atoms with van der Waals surface area (Å²) in [5.41, 5.74) is 1.36. The van der Waals surface area contributed by atoms with Crippen LogP contribution in [0.25, 0.3) is 0 Å². The van der Waals surface area contributed by atoms with Crippen molar-refractivity contribution in [2.45, 2.75) is 50.7 Å². The van der Waals surface area contributed by atoms with E-state index in [2.05, 4.69) is 15.9 Å². The van der Waals surface area contributed by atoms with Crippen LogP contribution in [0, 0.1) is 6.92 Å². The summed E-state index contributed by atoms with van der Waals surface area (Å²) in [5.74, 6) is -0.270. The Hall–Kier alpha value is -0.750. The lowest BCUT2D eigenvalue weighted by atomic mass is 9.88. The Balaban J connectivity index is 2.07. The summed E-state index contributed by atoms with van der Waals surface area (Å²) in [6.45, 7) is 4.97. The molecule has 0 saturated heterocycles. The maximum absolute atomic E-state index is 12.0. The fraction of sp³-hybridized carbons (Fsp3) is 0.733. The van der Waals surface area contributed by atoms with Gasteiger partial charge >= 0.3 is 5.97 Å². The standard InChI is InChI=1S/C15H24N2O2S2/c1-4-19-14(18)12-11(2)17-21-13(12)16-10-15(20-3)8-6-5-7-9-15/h16H,4-10H2,1-3H3. The molecule has 118 valence electrons. The van der Waals surface area contributed by atoms with Gasteiger partial charge in [-0.3, -0.25) is 0 Å². The second-order valence-electron chi connectivity index (χ2n) is 5.49. The Morgan fingerprint density at radius 3 is 2.76 bits per heavy atom. The zero-order valence-corrected chi connectivity index (χ0v) is 14.7. The summed E-state index contributed by atoms with van der Waals surface area (Å²) in [7, 11) is 0. The molecule has 1 aliphatic rings. The van der Waals surface area contributed by atoms with E-state index in [0.717, 1.165) is 17.2 Å². The number of hydrogen-bond acceptors (Lipinski definition) is 6. The number of rotatable bonds is 6. The molecule has 0 bridgehead atoms. The van der Waals surface area contributed by atoms with Crippen molar-refractivity contribution in [3.8, 4) is 0 Å². The van der Waals surface area contributed by atoms with E-state index in [9.17, 15) is 4.79 Å². The van der Waals surface area contributed by atoms with Gasteiger partial charge in [-0.2, -0.15) is 16.1 Å². The lowest BCUT2D eigenvalue weighted by Crippen LogP contribution is -2.35. The lowest BCUT2D eigenvalue weighted by molar-refractivity contribution is 0.0527. The van der Waals surface area contributed by atoms with Crippen LogP contribution in [-0.2, 0) is 4.74 Å². The van der Waals surface area contributed by atoms with Gasteiger partial charge in [0, 0.05) is 11.3 Å². The first-order valence-corrected chi connectivity index (χ1v) is 9.54. The van der Waals surface area contributed by atoms with Gasteiger partial charge in [0.05, 0.1) is 12.3 Å². The smallest absolute Gasteiger partial charge is 0.343 e. The van der Waals surface area contributed by atoms with Crippen molar-refractivity contribution in [3.63, 3.8) is 0 Å². The zero-order valence-electron chi connectivity index (χ0n) is 13.0. The van der Waals surface area contributed by atoms with Crippen molar-refractivity contribution >= 4 is 34.3 Å². The number of nitrogens with zero attached hydrogens (tertiary/aromatic N) is 1. The second kappa shape index (κ2) is 7.49. The highest BCUT2D eigenvalue weighted by atomic mass is 32.2. The molecule has 1 heterocycles. The molecule has 0 unspecified atom stereocenters. The van der Waals surface area contributed by atoms with E-state index in [1.54, 1.807) is 0 Å². The van der Waals surface area contributed by atoms with Crippen molar-refractivity contribution < 1.29 is 9.53 Å². The van der Waals surface area contributed by atoms with E-state index in [1.807, 2.05) is 25.6 Å². The van der Waals surface area contributed by atoms with Crippen LogP contribution in [0.5, 0.6) is 0 Å². The number of hydrogen-bond donors (Lipinski definition) is 1. The molecule has 1 aliphatic carbocycles. The van der Waals surface area contributed by atoms with Crippen LogP contribution in [0.15, 0.2) is 0 Å². The van der Waals surface area contributed by atoms with Gasteiger partial charge in [0.2, 0.25) is 0 Å². The quantitative estimate of drug-likeness (QED) is 0.797. The monoisotopic (exact) mass is 328 g/mol. The third-order valence-corrected chi connectivity index (χ3v) is 6.43. The molecule has 1 aromatic rings. The molecule has 1 N–H and O–H groups in total. The van der Waals surface area contributed by atoms with Crippen molar-refractivity contribution in [2.24, 2.45) is 0 Å². The minimum Gasteiger partial charge on any atom is -0.462 e. The van der Waals surface area contributed by atoms with Crippen molar-refractivity contribution in [3.05, 3.63) is 11.3 Å². The van der Waals surface area contributed by atoms with Crippen LogP contribution in [-0.4, -0.2) is 34.5 Å². The van der Waals surface area contributed by atoms with E-state index >= 15 is 0 Å². The predicted molar refractivity (Wildman–Crippen MR) is 90.6 cm³/mol. The molecule has 1 saturated carbocycles. The first-order valence-electron chi connectivity index (χ1n) is 7.54. The Morgan fingerprint density at radius 1 is 1.43 bits per heavy atom. The van der Waals surface area contributed by atoms with Crippen LogP contribution < -0.4 is 5.32 Å². The van der Waals surface area contributed by atoms with E-state index in [1.165, 1.54) is 43.6 Å². The molecule has 0 atom stereocenters. The summed E-state index contributed by atoms with van der Waals surface area (Å²) < 4.78 is 9.73. The molecule has 6 heteroatoms. The average molecular weight is 329 g/mol. The largest absolute Gasteiger partial charge is 0.462 e. The third kappa shape index (κ3) is 3.92. The maximum Gasteiger partial charge on any atom is 0.343 e. The average Bonchev–Trinajstić information content (AvgIpc) is 2.87. The number of carbonyl (C=O) groups excluding carboxylic acids is 1. The maximum atomic E-state index is 12.0. The molecule has 2 rings (SSSR count). The highest BCUT2D eigenvalue weighted by Crippen LogP contribution is 2.39. The first-order chi connectivity index (χ1) is 10.1. The van der Waals surface area contributed by atoms with Crippen molar-refractivity contribution in [1.29, 1.82) is 0 Å². The SMILES string of the molecule is CCOC(=O)c1c(C)nsc1NCC1(SC)CCCCC1. The summed E-state index contributed by atoms with van der Waals surface area (Å²) in [4.78, 5) is 12.0. The second-order valence-corrected chi connectivity index (χ2v) is 7.54. The normalized spacial score (nSPS) is 17.5. The molecule has 4 nitrogen and oxygen atoms in total. The van der Waals surface area contributed by atoms with Crippen LogP contribution in [0.2, 0.25) is 0 Å². The molecule has 0 spiro atoms. The van der Waals surface area contributed by atoms with Gasteiger partial charge in [-0.25, -0.2) is 4.79 Å². The molecule has 1 aromatic heterocycles. The summed E-state index contributed by atoms with van der Waals surface area (Å²) in [6, 6.07) is 0. The van der Waals surface area contributed by atoms with Gasteiger partial charge in [0.25, 0.3) is 0 Å².